The zero-order chi connectivity index (χ0) is 25.4. The van der Waals surface area contributed by atoms with Crippen molar-refractivity contribution in [3.63, 3.8) is 0 Å². The summed E-state index contributed by atoms with van der Waals surface area (Å²) < 4.78 is 0. The number of anilines is 3. The van der Waals surface area contributed by atoms with E-state index >= 15 is 0 Å². The average molecular weight is 509 g/mol. The number of thiocarbonyl (C=S) groups is 1. The molecular weight excluding hydrogens is 488 g/mol. The lowest BCUT2D eigenvalue weighted by molar-refractivity contribution is -0.132. The molecule has 0 aliphatic carbocycles. The fourth-order valence-electron chi connectivity index (χ4n) is 4.13. The largest absolute Gasteiger partial charge is 0.301 e. The van der Waals surface area contributed by atoms with E-state index in [1.165, 1.54) is 21.1 Å². The van der Waals surface area contributed by atoms with Gasteiger partial charge in [0.25, 0.3) is 11.8 Å². The van der Waals surface area contributed by atoms with E-state index in [0.717, 1.165) is 32.0 Å². The molecule has 1 aliphatic rings. The number of nitrogens with zero attached hydrogens (tertiary/aromatic N) is 4. The molecule has 1 aliphatic heterocycles. The van der Waals surface area contributed by atoms with Crippen LogP contribution in [0, 0.1) is 11.3 Å². The van der Waals surface area contributed by atoms with Crippen molar-refractivity contribution in [2.24, 2.45) is 0 Å². The Morgan fingerprint density at radius 1 is 0.889 bits per heavy atom. The molecule has 0 unspecified atom stereocenters. The van der Waals surface area contributed by atoms with Gasteiger partial charge in [-0.2, -0.15) is 5.26 Å². The molecule has 0 atom stereocenters. The summed E-state index contributed by atoms with van der Waals surface area (Å²) in [5.41, 5.74) is 2.51. The predicted octanol–water partition coefficient (Wildman–Crippen LogP) is 5.84. The average Bonchev–Trinajstić information content (AvgIpc) is 3.37. The highest BCUT2D eigenvalue weighted by Crippen LogP contribution is 2.42. The SMILES string of the molecule is CN1C(=O)C(=Cc2ccc(N(c3ccc(C#N)cc3)c3cccc4ccccc34)s2)C(=O)N(C)C1=S. The van der Waals surface area contributed by atoms with Gasteiger partial charge < -0.3 is 4.90 Å². The lowest BCUT2D eigenvalue weighted by atomic mass is 10.1. The van der Waals surface area contributed by atoms with Crippen molar-refractivity contribution in [2.75, 3.05) is 19.0 Å². The normalized spacial score (nSPS) is 13.8. The van der Waals surface area contributed by atoms with Gasteiger partial charge in [0, 0.05) is 30.0 Å². The molecule has 0 spiro atoms. The lowest BCUT2D eigenvalue weighted by Crippen LogP contribution is -2.52. The van der Waals surface area contributed by atoms with E-state index in [1.807, 2.05) is 42.5 Å². The van der Waals surface area contributed by atoms with Gasteiger partial charge in [-0.25, -0.2) is 0 Å². The van der Waals surface area contributed by atoms with Crippen molar-refractivity contribution in [1.29, 1.82) is 5.26 Å². The van der Waals surface area contributed by atoms with Crippen LogP contribution >= 0.6 is 23.6 Å². The smallest absolute Gasteiger partial charge is 0.265 e. The predicted molar refractivity (Wildman–Crippen MR) is 147 cm³/mol. The standard InChI is InChI=1S/C28H20N4O2S2/c1-30-26(33)23(27(34)31(2)28(30)35)16-21-14-15-25(36-21)32(20-12-10-18(17-29)11-13-20)24-9-5-7-19-6-3-4-8-22(19)24/h3-16H,1-2H3. The molecule has 1 aromatic heterocycles. The number of likely N-dealkylation sites (N-methyl/N-ethyl adjacent to an activating group) is 2. The zero-order valence-electron chi connectivity index (χ0n) is 19.5. The maximum Gasteiger partial charge on any atom is 0.265 e. The molecule has 3 aromatic carbocycles. The lowest BCUT2D eigenvalue weighted by Gasteiger charge is -2.31. The molecule has 8 heteroatoms. The van der Waals surface area contributed by atoms with Gasteiger partial charge in [-0.3, -0.25) is 19.4 Å². The molecule has 2 amide bonds. The third-order valence-corrected chi connectivity index (χ3v) is 7.59. The molecule has 6 nitrogen and oxygen atoms in total. The van der Waals surface area contributed by atoms with Crippen molar-refractivity contribution in [3.05, 3.63) is 94.9 Å². The van der Waals surface area contributed by atoms with Gasteiger partial charge in [0.1, 0.15) is 10.6 Å². The summed E-state index contributed by atoms with van der Waals surface area (Å²) in [5.74, 6) is -0.841. The first-order valence-corrected chi connectivity index (χ1v) is 12.3. The number of nitriles is 1. The molecule has 4 aromatic rings. The third kappa shape index (κ3) is 4.05. The van der Waals surface area contributed by atoms with E-state index in [2.05, 4.69) is 35.2 Å². The van der Waals surface area contributed by atoms with E-state index in [9.17, 15) is 14.9 Å². The Labute approximate surface area is 217 Å². The second-order valence-electron chi connectivity index (χ2n) is 8.24. The number of carbonyl (C=O) groups excluding carboxylic acids is 2. The number of hydrogen-bond donors (Lipinski definition) is 0. The maximum atomic E-state index is 12.8. The van der Waals surface area contributed by atoms with Gasteiger partial charge in [0.05, 0.1) is 17.3 Å². The van der Waals surface area contributed by atoms with Crippen LogP contribution in [0.3, 0.4) is 0 Å². The summed E-state index contributed by atoms with van der Waals surface area (Å²) in [6.07, 6.45) is 1.62. The third-order valence-electron chi connectivity index (χ3n) is 6.03. The molecule has 0 bridgehead atoms. The van der Waals surface area contributed by atoms with Crippen LogP contribution in [-0.4, -0.2) is 40.8 Å². The number of amides is 2. The van der Waals surface area contributed by atoms with Gasteiger partial charge in [0.15, 0.2) is 5.11 Å². The first kappa shape index (κ1) is 23.4. The molecule has 1 fully saturated rings. The second-order valence-corrected chi connectivity index (χ2v) is 9.70. The molecule has 1 saturated heterocycles. The number of hydrogen-bond acceptors (Lipinski definition) is 6. The number of carbonyl (C=O) groups is 2. The number of fused-ring (bicyclic) bond motifs is 1. The van der Waals surface area contributed by atoms with E-state index in [0.29, 0.717) is 5.56 Å². The van der Waals surface area contributed by atoms with Gasteiger partial charge in [-0.15, -0.1) is 11.3 Å². The number of rotatable bonds is 4. The van der Waals surface area contributed by atoms with Crippen LogP contribution in [0.1, 0.15) is 10.4 Å². The topological polar surface area (TPSA) is 67.6 Å². The van der Waals surface area contributed by atoms with Crippen molar-refractivity contribution >= 4 is 73.7 Å². The van der Waals surface area contributed by atoms with Crippen LogP contribution in [0.4, 0.5) is 16.4 Å². The van der Waals surface area contributed by atoms with E-state index in [1.54, 1.807) is 32.3 Å². The minimum atomic E-state index is -0.420. The Morgan fingerprint density at radius 2 is 1.56 bits per heavy atom. The van der Waals surface area contributed by atoms with Crippen LogP contribution in [0.5, 0.6) is 0 Å². The van der Waals surface area contributed by atoms with E-state index in [4.69, 9.17) is 12.2 Å². The van der Waals surface area contributed by atoms with Crippen LogP contribution in [0.2, 0.25) is 0 Å². The molecule has 2 heterocycles. The van der Waals surface area contributed by atoms with Crippen LogP contribution in [-0.2, 0) is 9.59 Å². The summed E-state index contributed by atoms with van der Waals surface area (Å²) >= 11 is 6.64. The molecular formula is C28H20N4O2S2. The zero-order valence-corrected chi connectivity index (χ0v) is 21.1. The Kier molecular flexibility index (Phi) is 6.10. The highest BCUT2D eigenvalue weighted by Gasteiger charge is 2.35. The summed E-state index contributed by atoms with van der Waals surface area (Å²) in [5, 5.41) is 12.5. The van der Waals surface area contributed by atoms with Gasteiger partial charge in [-0.05, 0) is 66.1 Å². The molecule has 36 heavy (non-hydrogen) atoms. The first-order chi connectivity index (χ1) is 17.4. The fraction of sp³-hybridized carbons (Fsp3) is 0.0714. The van der Waals surface area contributed by atoms with Crippen LogP contribution in [0.15, 0.2) is 84.4 Å². The Morgan fingerprint density at radius 3 is 2.25 bits per heavy atom. The van der Waals surface area contributed by atoms with Crippen LogP contribution < -0.4 is 4.90 Å². The molecule has 0 radical (unpaired) electrons. The van der Waals surface area contributed by atoms with E-state index < -0.39 is 11.8 Å². The van der Waals surface area contributed by atoms with Gasteiger partial charge >= 0.3 is 0 Å². The minimum Gasteiger partial charge on any atom is -0.301 e. The van der Waals surface area contributed by atoms with E-state index in [-0.39, 0.29) is 10.7 Å². The molecule has 0 saturated carbocycles. The monoisotopic (exact) mass is 508 g/mol. The summed E-state index contributed by atoms with van der Waals surface area (Å²) in [6, 6.07) is 27.7. The highest BCUT2D eigenvalue weighted by atomic mass is 32.1. The quantitative estimate of drug-likeness (QED) is 0.197. The molecule has 5 rings (SSSR count). The fourth-order valence-corrected chi connectivity index (χ4v) is 5.28. The van der Waals surface area contributed by atoms with Crippen molar-refractivity contribution < 1.29 is 9.59 Å². The first-order valence-electron chi connectivity index (χ1n) is 11.1. The van der Waals surface area contributed by atoms with Crippen LogP contribution in [0.25, 0.3) is 16.8 Å². The van der Waals surface area contributed by atoms with Crippen molar-refractivity contribution in [1.82, 2.24) is 9.80 Å². The van der Waals surface area contributed by atoms with Crippen molar-refractivity contribution in [3.8, 4) is 6.07 Å². The number of thiophene rings is 1. The maximum absolute atomic E-state index is 12.8. The number of benzene rings is 3. The molecule has 176 valence electrons. The summed E-state index contributed by atoms with van der Waals surface area (Å²) in [4.78, 5) is 31.0. The Balaban J connectivity index is 1.62. The van der Waals surface area contributed by atoms with Gasteiger partial charge in [0.2, 0.25) is 0 Å². The summed E-state index contributed by atoms with van der Waals surface area (Å²) in [6.45, 7) is 0. The molecule has 0 N–H and O–H groups in total. The minimum absolute atomic E-state index is 0.0667. The Hall–Kier alpha value is -4.32. The Bertz CT molecular complexity index is 1570. The second kappa shape index (κ2) is 9.38. The van der Waals surface area contributed by atoms with Crippen molar-refractivity contribution in [2.45, 2.75) is 0 Å². The highest BCUT2D eigenvalue weighted by molar-refractivity contribution is 7.80. The summed E-state index contributed by atoms with van der Waals surface area (Å²) in [7, 11) is 3.13. The van der Waals surface area contributed by atoms with Gasteiger partial charge in [-0.1, -0.05) is 36.4 Å².